The summed E-state index contributed by atoms with van der Waals surface area (Å²) in [6.07, 6.45) is 4.59. The van der Waals surface area contributed by atoms with Gasteiger partial charge in [-0.3, -0.25) is 4.79 Å². The summed E-state index contributed by atoms with van der Waals surface area (Å²) in [6, 6.07) is 3.18. The van der Waals surface area contributed by atoms with Gasteiger partial charge in [0.25, 0.3) is 0 Å². The molecule has 0 bridgehead atoms. The number of fused-ring (bicyclic) bond motifs is 1. The van der Waals surface area contributed by atoms with E-state index in [2.05, 4.69) is 12.0 Å². The first kappa shape index (κ1) is 20.6. The normalized spacial score (nSPS) is 16.8. The largest absolute Gasteiger partial charge is 0.477 e. The van der Waals surface area contributed by atoms with Crippen LogP contribution in [0.4, 0.5) is 0 Å². The molecule has 0 N–H and O–H groups in total. The average molecular weight is 405 g/mol. The third-order valence-electron chi connectivity index (χ3n) is 5.35. The van der Waals surface area contributed by atoms with Crippen LogP contribution >= 0.6 is 0 Å². The van der Waals surface area contributed by atoms with Gasteiger partial charge in [0.2, 0.25) is 5.88 Å². The molecular weight excluding hydrogens is 376 g/mol. The lowest BCUT2D eigenvalue weighted by atomic mass is 9.81. The average Bonchev–Trinajstić information content (AvgIpc) is 3.06. The molecule has 3 rings (SSSR count). The van der Waals surface area contributed by atoms with Gasteiger partial charge in [-0.05, 0) is 36.6 Å². The van der Waals surface area contributed by atoms with Gasteiger partial charge in [0.05, 0.1) is 23.5 Å². The van der Waals surface area contributed by atoms with E-state index in [-0.39, 0.29) is 11.5 Å². The predicted molar refractivity (Wildman–Crippen MR) is 108 cm³/mol. The Hall–Kier alpha value is -2.15. The zero-order valence-corrected chi connectivity index (χ0v) is 18.0. The van der Waals surface area contributed by atoms with Gasteiger partial charge < -0.3 is 4.74 Å². The minimum Gasteiger partial charge on any atom is -0.477 e. The second kappa shape index (κ2) is 7.35. The molecule has 2 heterocycles. The van der Waals surface area contributed by atoms with E-state index in [0.29, 0.717) is 28.5 Å². The molecule has 0 amide bonds. The number of hydrogen-bond acceptors (Lipinski definition) is 5. The number of ketones is 1. The Balaban J connectivity index is 2.00. The minimum atomic E-state index is -3.32. The zero-order valence-electron chi connectivity index (χ0n) is 17.2. The standard InChI is InChI=1S/C21H28N2O4S/c1-6-7-8-11-27-20-16(12-22-23(20)5)19(24)15-9-10-17-18(14(15)2)21(3,4)13-28(17,25)26/h9-10,12H,6-8,11,13H2,1-5H3. The quantitative estimate of drug-likeness (QED) is 0.520. The van der Waals surface area contributed by atoms with Crippen LogP contribution in [0.25, 0.3) is 0 Å². The highest BCUT2D eigenvalue weighted by Gasteiger charge is 2.42. The molecule has 1 aromatic carbocycles. The minimum absolute atomic E-state index is 0.0620. The highest BCUT2D eigenvalue weighted by molar-refractivity contribution is 7.91. The van der Waals surface area contributed by atoms with Crippen LogP contribution in [0.15, 0.2) is 23.2 Å². The van der Waals surface area contributed by atoms with E-state index in [1.54, 1.807) is 23.9 Å². The van der Waals surface area contributed by atoms with E-state index in [1.807, 2.05) is 20.8 Å². The molecular formula is C21H28N2O4S. The fraction of sp³-hybridized carbons (Fsp3) is 0.524. The predicted octanol–water partition coefficient (Wildman–Crippen LogP) is 3.59. The summed E-state index contributed by atoms with van der Waals surface area (Å²) in [5.41, 5.74) is 1.83. The molecule has 1 aliphatic rings. The molecule has 2 aromatic rings. The number of aromatic nitrogens is 2. The lowest BCUT2D eigenvalue weighted by Crippen LogP contribution is -2.21. The molecule has 0 radical (unpaired) electrons. The Labute approximate surface area is 166 Å². The van der Waals surface area contributed by atoms with Gasteiger partial charge in [-0.2, -0.15) is 5.10 Å². The number of ether oxygens (including phenoxy) is 1. The van der Waals surface area contributed by atoms with Crippen LogP contribution < -0.4 is 4.74 Å². The van der Waals surface area contributed by atoms with E-state index in [1.165, 1.54) is 6.20 Å². The van der Waals surface area contributed by atoms with Crippen LogP contribution in [0.1, 0.15) is 67.1 Å². The van der Waals surface area contributed by atoms with Gasteiger partial charge in [0.1, 0.15) is 5.56 Å². The summed E-state index contributed by atoms with van der Waals surface area (Å²) in [5.74, 6) is 0.318. The number of carbonyl (C=O) groups is 1. The van der Waals surface area contributed by atoms with Gasteiger partial charge >= 0.3 is 0 Å². The lowest BCUT2D eigenvalue weighted by Gasteiger charge is -2.20. The number of nitrogens with zero attached hydrogens (tertiary/aromatic N) is 2. The Morgan fingerprint density at radius 1 is 1.25 bits per heavy atom. The number of rotatable bonds is 7. The second-order valence-electron chi connectivity index (χ2n) is 8.13. The highest BCUT2D eigenvalue weighted by atomic mass is 32.2. The number of aryl methyl sites for hydroxylation is 1. The van der Waals surface area contributed by atoms with Gasteiger partial charge in [0.15, 0.2) is 15.6 Å². The number of hydrogen-bond donors (Lipinski definition) is 0. The molecule has 0 aliphatic carbocycles. The van der Waals surface area contributed by atoms with Crippen molar-refractivity contribution in [2.75, 3.05) is 12.4 Å². The van der Waals surface area contributed by atoms with Crippen molar-refractivity contribution in [1.82, 2.24) is 9.78 Å². The first-order valence-corrected chi connectivity index (χ1v) is 11.3. The maximum absolute atomic E-state index is 13.3. The molecule has 0 atom stereocenters. The van der Waals surface area contributed by atoms with Crippen molar-refractivity contribution in [1.29, 1.82) is 0 Å². The molecule has 0 unspecified atom stereocenters. The zero-order chi connectivity index (χ0) is 20.7. The molecule has 6 nitrogen and oxygen atoms in total. The van der Waals surface area contributed by atoms with Crippen molar-refractivity contribution in [3.8, 4) is 5.88 Å². The summed E-state index contributed by atoms with van der Waals surface area (Å²) in [4.78, 5) is 13.6. The third-order valence-corrected chi connectivity index (χ3v) is 7.46. The molecule has 0 saturated carbocycles. The molecule has 0 saturated heterocycles. The van der Waals surface area contributed by atoms with Crippen LogP contribution in [0.3, 0.4) is 0 Å². The first-order valence-electron chi connectivity index (χ1n) is 9.66. The summed E-state index contributed by atoms with van der Waals surface area (Å²) >= 11 is 0. The summed E-state index contributed by atoms with van der Waals surface area (Å²) < 4.78 is 32.4. The van der Waals surface area contributed by atoms with E-state index in [0.717, 1.165) is 30.4 Å². The maximum Gasteiger partial charge on any atom is 0.223 e. The second-order valence-corrected chi connectivity index (χ2v) is 10.1. The molecule has 7 heteroatoms. The van der Waals surface area contributed by atoms with Crippen molar-refractivity contribution in [2.24, 2.45) is 7.05 Å². The van der Waals surface area contributed by atoms with Crippen LogP contribution in [0.5, 0.6) is 5.88 Å². The van der Waals surface area contributed by atoms with Crippen molar-refractivity contribution in [2.45, 2.75) is 57.3 Å². The van der Waals surface area contributed by atoms with Crippen molar-refractivity contribution >= 4 is 15.6 Å². The molecule has 28 heavy (non-hydrogen) atoms. The molecule has 1 aromatic heterocycles. The van der Waals surface area contributed by atoms with Crippen LogP contribution in [0.2, 0.25) is 0 Å². The van der Waals surface area contributed by atoms with Gasteiger partial charge in [-0.1, -0.05) is 33.6 Å². The Morgan fingerprint density at radius 2 is 1.96 bits per heavy atom. The summed E-state index contributed by atoms with van der Waals surface area (Å²) in [7, 11) is -1.57. The van der Waals surface area contributed by atoms with Gasteiger partial charge in [0, 0.05) is 18.0 Å². The summed E-state index contributed by atoms with van der Waals surface area (Å²) in [5, 5.41) is 4.19. The molecule has 152 valence electrons. The monoisotopic (exact) mass is 404 g/mol. The molecule has 1 aliphatic heterocycles. The van der Waals surface area contributed by atoms with E-state index in [9.17, 15) is 13.2 Å². The van der Waals surface area contributed by atoms with E-state index < -0.39 is 15.3 Å². The third kappa shape index (κ3) is 3.48. The van der Waals surface area contributed by atoms with Crippen LogP contribution in [-0.4, -0.2) is 36.3 Å². The van der Waals surface area contributed by atoms with Crippen molar-refractivity contribution < 1.29 is 17.9 Å². The Kier molecular flexibility index (Phi) is 5.40. The van der Waals surface area contributed by atoms with Gasteiger partial charge in [-0.15, -0.1) is 0 Å². The Bertz CT molecular complexity index is 1020. The van der Waals surface area contributed by atoms with E-state index in [4.69, 9.17) is 4.74 Å². The molecule has 0 spiro atoms. The summed E-state index contributed by atoms with van der Waals surface area (Å²) in [6.45, 7) is 8.29. The van der Waals surface area contributed by atoms with E-state index >= 15 is 0 Å². The van der Waals surface area contributed by atoms with Crippen molar-refractivity contribution in [3.05, 3.63) is 40.6 Å². The Morgan fingerprint density at radius 3 is 2.64 bits per heavy atom. The lowest BCUT2D eigenvalue weighted by molar-refractivity contribution is 0.103. The topological polar surface area (TPSA) is 78.3 Å². The first-order chi connectivity index (χ1) is 13.1. The fourth-order valence-corrected chi connectivity index (χ4v) is 6.34. The highest BCUT2D eigenvalue weighted by Crippen LogP contribution is 2.42. The van der Waals surface area contributed by atoms with Gasteiger partial charge in [-0.25, -0.2) is 13.1 Å². The van der Waals surface area contributed by atoms with Crippen LogP contribution in [-0.2, 0) is 22.3 Å². The van der Waals surface area contributed by atoms with Crippen LogP contribution in [0, 0.1) is 6.92 Å². The molecule has 0 fully saturated rings. The number of benzene rings is 1. The fourth-order valence-electron chi connectivity index (χ4n) is 4.08. The SMILES string of the molecule is CCCCCOc1c(C(=O)c2ccc3c(c2C)C(C)(C)CS3(=O)=O)cnn1C. The number of carbonyl (C=O) groups excluding carboxylic acids is 1. The van der Waals surface area contributed by atoms with Crippen molar-refractivity contribution in [3.63, 3.8) is 0 Å². The smallest absolute Gasteiger partial charge is 0.223 e. The maximum atomic E-state index is 13.3. The number of sulfone groups is 1. The number of unbranched alkanes of at least 4 members (excludes halogenated alkanes) is 2.